The Balaban J connectivity index is 3.01. The van der Waals surface area contributed by atoms with Crippen LogP contribution in [0.5, 0.6) is 0 Å². The van der Waals surface area contributed by atoms with Crippen LogP contribution in [0.2, 0.25) is 5.02 Å². The number of halogens is 1. The van der Waals surface area contributed by atoms with Gasteiger partial charge in [-0.2, -0.15) is 0 Å². The monoisotopic (exact) mass is 277 g/mol. The largest absolute Gasteiger partial charge is 0.382 e. The first-order valence-electron chi connectivity index (χ1n) is 5.17. The highest BCUT2D eigenvalue weighted by Crippen LogP contribution is 2.20. The number of nitrogens with two attached hydrogens (primary N) is 1. The van der Waals surface area contributed by atoms with Gasteiger partial charge in [0.25, 0.3) is 0 Å². The second-order valence-electron chi connectivity index (χ2n) is 4.19. The van der Waals surface area contributed by atoms with Crippen molar-refractivity contribution in [3.05, 3.63) is 17.3 Å². The van der Waals surface area contributed by atoms with Gasteiger partial charge in [0.05, 0.1) is 5.02 Å². The Morgan fingerprint density at radius 2 is 2.00 bits per heavy atom. The third-order valence-corrected chi connectivity index (χ3v) is 4.32. The van der Waals surface area contributed by atoms with Gasteiger partial charge in [0, 0.05) is 12.2 Å². The Morgan fingerprint density at radius 3 is 2.47 bits per heavy atom. The fourth-order valence-corrected chi connectivity index (χ4v) is 2.62. The molecular formula is C10H16ClN3O2S. The number of nitrogen functional groups attached to an aromatic ring is 1. The molecule has 1 heterocycles. The summed E-state index contributed by atoms with van der Waals surface area (Å²) in [5, 5.41) is 0.130. The van der Waals surface area contributed by atoms with Gasteiger partial charge in [-0.05, 0) is 18.9 Å². The van der Waals surface area contributed by atoms with Gasteiger partial charge in [0.1, 0.15) is 10.7 Å². The molecule has 0 fully saturated rings. The second kappa shape index (κ2) is 5.20. The molecule has 0 bridgehead atoms. The number of nitrogens with zero attached hydrogens (tertiary/aromatic N) is 1. The zero-order valence-electron chi connectivity index (χ0n) is 9.94. The van der Waals surface area contributed by atoms with Crippen molar-refractivity contribution in [3.8, 4) is 0 Å². The van der Waals surface area contributed by atoms with E-state index in [-0.39, 0.29) is 27.7 Å². The van der Waals surface area contributed by atoms with E-state index in [0.717, 1.165) is 0 Å². The van der Waals surface area contributed by atoms with Crippen LogP contribution in [0.1, 0.15) is 20.8 Å². The molecule has 0 radical (unpaired) electrons. The fourth-order valence-electron chi connectivity index (χ4n) is 1.03. The van der Waals surface area contributed by atoms with E-state index in [9.17, 15) is 8.42 Å². The molecule has 96 valence electrons. The van der Waals surface area contributed by atoms with Crippen molar-refractivity contribution in [2.24, 2.45) is 5.92 Å². The SMILES string of the molecule is CC(C)C(C)NS(=O)(=O)c1cnc(N)c(Cl)c1. The van der Waals surface area contributed by atoms with E-state index < -0.39 is 10.0 Å². The molecule has 0 saturated carbocycles. The van der Waals surface area contributed by atoms with Gasteiger partial charge in [-0.25, -0.2) is 18.1 Å². The van der Waals surface area contributed by atoms with Crippen molar-refractivity contribution in [3.63, 3.8) is 0 Å². The molecule has 1 rings (SSSR count). The predicted octanol–water partition coefficient (Wildman–Crippen LogP) is 1.64. The Labute approximate surface area is 106 Å². The molecule has 1 atom stereocenters. The maximum Gasteiger partial charge on any atom is 0.242 e. The summed E-state index contributed by atoms with van der Waals surface area (Å²) in [5.74, 6) is 0.310. The first-order chi connectivity index (χ1) is 7.74. The zero-order valence-corrected chi connectivity index (χ0v) is 11.5. The molecule has 1 aromatic heterocycles. The molecule has 3 N–H and O–H groups in total. The van der Waals surface area contributed by atoms with Gasteiger partial charge in [-0.1, -0.05) is 25.4 Å². The van der Waals surface area contributed by atoms with Crippen LogP contribution in [0.25, 0.3) is 0 Å². The van der Waals surface area contributed by atoms with Crippen LogP contribution >= 0.6 is 11.6 Å². The minimum absolute atomic E-state index is 0.0178. The molecule has 1 aromatic rings. The summed E-state index contributed by atoms with van der Waals surface area (Å²) in [5.41, 5.74) is 5.42. The van der Waals surface area contributed by atoms with Crippen molar-refractivity contribution in [1.82, 2.24) is 9.71 Å². The van der Waals surface area contributed by atoms with Crippen molar-refractivity contribution >= 4 is 27.4 Å². The molecule has 1 unspecified atom stereocenters. The molecule has 0 saturated heterocycles. The van der Waals surface area contributed by atoms with Gasteiger partial charge >= 0.3 is 0 Å². The molecule has 0 aliphatic heterocycles. The van der Waals surface area contributed by atoms with Crippen LogP contribution < -0.4 is 10.5 Å². The average molecular weight is 278 g/mol. The lowest BCUT2D eigenvalue weighted by Crippen LogP contribution is -2.36. The number of anilines is 1. The molecule has 0 amide bonds. The third-order valence-electron chi connectivity index (χ3n) is 2.50. The quantitative estimate of drug-likeness (QED) is 0.876. The van der Waals surface area contributed by atoms with Crippen molar-refractivity contribution in [2.75, 3.05) is 5.73 Å². The third kappa shape index (κ3) is 3.55. The minimum atomic E-state index is -3.60. The van der Waals surface area contributed by atoms with Crippen LogP contribution in [0.3, 0.4) is 0 Å². The standard InChI is InChI=1S/C10H16ClN3O2S/c1-6(2)7(3)14-17(15,16)8-4-9(11)10(12)13-5-8/h4-7,14H,1-3H3,(H2,12,13). The highest BCUT2D eigenvalue weighted by atomic mass is 35.5. The Morgan fingerprint density at radius 1 is 1.41 bits per heavy atom. The molecule has 0 aliphatic carbocycles. The molecule has 7 heteroatoms. The summed E-state index contributed by atoms with van der Waals surface area (Å²) in [7, 11) is -3.60. The summed E-state index contributed by atoms with van der Waals surface area (Å²) in [4.78, 5) is 3.74. The van der Waals surface area contributed by atoms with E-state index in [1.165, 1.54) is 12.3 Å². The van der Waals surface area contributed by atoms with Crippen molar-refractivity contribution in [1.29, 1.82) is 0 Å². The molecule has 0 aliphatic rings. The fraction of sp³-hybridized carbons (Fsp3) is 0.500. The second-order valence-corrected chi connectivity index (χ2v) is 6.31. The Hall–Kier alpha value is -0.850. The number of sulfonamides is 1. The number of pyridine rings is 1. The van der Waals surface area contributed by atoms with E-state index in [2.05, 4.69) is 9.71 Å². The summed E-state index contributed by atoms with van der Waals surface area (Å²) < 4.78 is 26.5. The smallest absolute Gasteiger partial charge is 0.242 e. The summed E-state index contributed by atoms with van der Waals surface area (Å²) in [6, 6.07) is 1.12. The van der Waals surface area contributed by atoms with Gasteiger partial charge in [-0.15, -0.1) is 0 Å². The number of aromatic nitrogens is 1. The van der Waals surface area contributed by atoms with Crippen molar-refractivity contribution in [2.45, 2.75) is 31.7 Å². The van der Waals surface area contributed by atoms with Gasteiger partial charge in [0.15, 0.2) is 0 Å². The maximum atomic E-state index is 12.0. The number of rotatable bonds is 4. The van der Waals surface area contributed by atoms with E-state index >= 15 is 0 Å². The van der Waals surface area contributed by atoms with Gasteiger partial charge in [0.2, 0.25) is 10.0 Å². The lowest BCUT2D eigenvalue weighted by molar-refractivity contribution is 0.476. The lowest BCUT2D eigenvalue weighted by Gasteiger charge is -2.17. The first kappa shape index (κ1) is 14.2. The van der Waals surface area contributed by atoms with Crippen LogP contribution in [0, 0.1) is 5.92 Å². The van der Waals surface area contributed by atoms with E-state index in [1.54, 1.807) is 6.92 Å². The molecule has 0 aromatic carbocycles. The minimum Gasteiger partial charge on any atom is -0.382 e. The number of nitrogens with one attached hydrogen (secondary N) is 1. The van der Waals surface area contributed by atoms with Crippen LogP contribution in [0.4, 0.5) is 5.82 Å². The zero-order chi connectivity index (χ0) is 13.2. The summed E-state index contributed by atoms with van der Waals surface area (Å²) in [6.07, 6.45) is 1.19. The summed E-state index contributed by atoms with van der Waals surface area (Å²) >= 11 is 5.74. The van der Waals surface area contributed by atoms with Crippen LogP contribution in [-0.2, 0) is 10.0 Å². The summed E-state index contributed by atoms with van der Waals surface area (Å²) in [6.45, 7) is 5.66. The average Bonchev–Trinajstić information content (AvgIpc) is 2.21. The van der Waals surface area contributed by atoms with Gasteiger partial charge < -0.3 is 5.73 Å². The van der Waals surface area contributed by atoms with Crippen LogP contribution in [0.15, 0.2) is 17.2 Å². The molecule has 17 heavy (non-hydrogen) atoms. The molecule has 5 nitrogen and oxygen atoms in total. The predicted molar refractivity (Wildman–Crippen MR) is 68.3 cm³/mol. The van der Waals surface area contributed by atoms with E-state index in [1.807, 2.05) is 13.8 Å². The lowest BCUT2D eigenvalue weighted by atomic mass is 10.1. The highest BCUT2D eigenvalue weighted by molar-refractivity contribution is 7.89. The Kier molecular flexibility index (Phi) is 4.35. The topological polar surface area (TPSA) is 85.1 Å². The first-order valence-corrected chi connectivity index (χ1v) is 7.03. The number of hydrogen-bond acceptors (Lipinski definition) is 4. The van der Waals surface area contributed by atoms with Crippen LogP contribution in [-0.4, -0.2) is 19.4 Å². The molecular weight excluding hydrogens is 262 g/mol. The van der Waals surface area contributed by atoms with E-state index in [0.29, 0.717) is 0 Å². The number of hydrogen-bond donors (Lipinski definition) is 2. The Bertz CT molecular complexity index is 502. The molecule has 0 spiro atoms. The van der Waals surface area contributed by atoms with E-state index in [4.69, 9.17) is 17.3 Å². The normalized spacial score (nSPS) is 13.9. The van der Waals surface area contributed by atoms with Crippen molar-refractivity contribution < 1.29 is 8.42 Å². The maximum absolute atomic E-state index is 12.0. The highest BCUT2D eigenvalue weighted by Gasteiger charge is 2.20. The van der Waals surface area contributed by atoms with Gasteiger partial charge in [-0.3, -0.25) is 0 Å².